The molecule has 0 bridgehead atoms. The summed E-state index contributed by atoms with van der Waals surface area (Å²) in [6, 6.07) is 11.2. The van der Waals surface area contributed by atoms with Crippen molar-refractivity contribution in [2.45, 2.75) is 11.9 Å². The van der Waals surface area contributed by atoms with Gasteiger partial charge in [0.15, 0.2) is 5.11 Å². The molecule has 0 saturated heterocycles. The Balaban J connectivity index is 1.76. The van der Waals surface area contributed by atoms with Crippen LogP contribution < -0.4 is 10.6 Å². The fourth-order valence-electron chi connectivity index (χ4n) is 2.03. The molecular formula is C17H15Cl2F3N2S2. The predicted octanol–water partition coefficient (Wildman–Crippen LogP) is 6.23. The zero-order valence-corrected chi connectivity index (χ0v) is 16.5. The first-order valence-electron chi connectivity index (χ1n) is 7.50. The molecule has 0 fully saturated rings. The monoisotopic (exact) mass is 438 g/mol. The molecule has 0 atom stereocenters. The molecule has 0 heterocycles. The van der Waals surface area contributed by atoms with Gasteiger partial charge in [0.2, 0.25) is 0 Å². The van der Waals surface area contributed by atoms with Crippen LogP contribution in [0.15, 0.2) is 42.5 Å². The number of alkyl halides is 3. The molecule has 0 aromatic heterocycles. The first kappa shape index (κ1) is 21.2. The minimum Gasteiger partial charge on any atom is -0.362 e. The maximum absolute atomic E-state index is 12.8. The van der Waals surface area contributed by atoms with E-state index in [0.717, 1.165) is 28.2 Å². The Hall–Kier alpha value is -1.15. The van der Waals surface area contributed by atoms with Gasteiger partial charge in [-0.05, 0) is 42.0 Å². The molecule has 2 nitrogen and oxygen atoms in total. The number of thioether (sulfide) groups is 1. The van der Waals surface area contributed by atoms with E-state index in [9.17, 15) is 13.2 Å². The first-order valence-corrected chi connectivity index (χ1v) is 9.82. The Morgan fingerprint density at radius 2 is 1.81 bits per heavy atom. The van der Waals surface area contributed by atoms with Gasteiger partial charge in [0.05, 0.1) is 10.6 Å². The van der Waals surface area contributed by atoms with Gasteiger partial charge in [-0.25, -0.2) is 0 Å². The van der Waals surface area contributed by atoms with Gasteiger partial charge in [-0.2, -0.15) is 24.9 Å². The summed E-state index contributed by atoms with van der Waals surface area (Å²) in [6.45, 7) is 0.570. The summed E-state index contributed by atoms with van der Waals surface area (Å²) in [5.74, 6) is 1.54. The molecule has 0 spiro atoms. The molecule has 0 aliphatic heterocycles. The second kappa shape index (κ2) is 9.69. The lowest BCUT2D eigenvalue weighted by Gasteiger charge is -2.14. The summed E-state index contributed by atoms with van der Waals surface area (Å²) >= 11 is 18.5. The topological polar surface area (TPSA) is 24.1 Å². The fraction of sp³-hybridized carbons (Fsp3) is 0.235. The van der Waals surface area contributed by atoms with Crippen molar-refractivity contribution in [2.24, 2.45) is 0 Å². The lowest BCUT2D eigenvalue weighted by atomic mass is 10.2. The summed E-state index contributed by atoms with van der Waals surface area (Å²) in [5.41, 5.74) is 0.380. The smallest absolute Gasteiger partial charge is 0.362 e. The largest absolute Gasteiger partial charge is 0.417 e. The number of anilines is 1. The van der Waals surface area contributed by atoms with E-state index in [1.165, 1.54) is 12.1 Å². The number of halogens is 5. The fourth-order valence-corrected chi connectivity index (χ4v) is 3.62. The third kappa shape index (κ3) is 6.54. The van der Waals surface area contributed by atoms with Gasteiger partial charge in [0, 0.05) is 28.8 Å². The lowest BCUT2D eigenvalue weighted by molar-refractivity contribution is -0.137. The van der Waals surface area contributed by atoms with Crippen molar-refractivity contribution < 1.29 is 13.2 Å². The van der Waals surface area contributed by atoms with E-state index >= 15 is 0 Å². The molecule has 0 saturated carbocycles. The van der Waals surface area contributed by atoms with Gasteiger partial charge < -0.3 is 10.6 Å². The molecular weight excluding hydrogens is 424 g/mol. The second-order valence-corrected chi connectivity index (χ2v) is 7.55. The van der Waals surface area contributed by atoms with E-state index in [1.807, 2.05) is 24.3 Å². The maximum Gasteiger partial charge on any atom is 0.417 e. The number of nitrogens with one attached hydrogen (secondary N) is 2. The Labute approximate surface area is 169 Å². The Morgan fingerprint density at radius 1 is 1.08 bits per heavy atom. The van der Waals surface area contributed by atoms with Crippen molar-refractivity contribution in [1.29, 1.82) is 0 Å². The molecule has 2 N–H and O–H groups in total. The Morgan fingerprint density at radius 3 is 2.50 bits per heavy atom. The number of thiocarbonyl (C=S) groups is 1. The van der Waals surface area contributed by atoms with Crippen molar-refractivity contribution in [3.63, 3.8) is 0 Å². The third-order valence-electron chi connectivity index (χ3n) is 3.28. The van der Waals surface area contributed by atoms with Crippen LogP contribution in [-0.2, 0) is 11.9 Å². The molecule has 140 valence electrons. The van der Waals surface area contributed by atoms with E-state index in [-0.39, 0.29) is 15.8 Å². The van der Waals surface area contributed by atoms with Crippen molar-refractivity contribution in [3.8, 4) is 0 Å². The standard InChI is InChI=1S/C17H15Cl2F3N2S2/c18-14-4-2-1-3-11(14)10-26-8-7-23-16(25)24-12-5-6-15(19)13(9-12)17(20,21)22/h1-6,9H,7-8,10H2,(H2,23,24,25). The normalized spacial score (nSPS) is 11.3. The number of hydrogen-bond acceptors (Lipinski definition) is 2. The summed E-state index contributed by atoms with van der Waals surface area (Å²) < 4.78 is 38.5. The van der Waals surface area contributed by atoms with Gasteiger partial charge in [-0.15, -0.1) is 0 Å². The van der Waals surface area contributed by atoms with Crippen molar-refractivity contribution >= 4 is 58.0 Å². The molecule has 2 aromatic carbocycles. The Kier molecular flexibility index (Phi) is 7.88. The molecule has 9 heteroatoms. The van der Waals surface area contributed by atoms with Gasteiger partial charge in [-0.1, -0.05) is 41.4 Å². The van der Waals surface area contributed by atoms with E-state index in [4.69, 9.17) is 35.4 Å². The highest BCUT2D eigenvalue weighted by atomic mass is 35.5. The number of rotatable bonds is 6. The summed E-state index contributed by atoms with van der Waals surface area (Å²) in [4.78, 5) is 0. The van der Waals surface area contributed by atoms with E-state index < -0.39 is 11.7 Å². The molecule has 0 radical (unpaired) electrons. The summed E-state index contributed by atoms with van der Waals surface area (Å²) in [7, 11) is 0. The van der Waals surface area contributed by atoms with Crippen LogP contribution in [-0.4, -0.2) is 17.4 Å². The molecule has 0 aliphatic rings. The molecule has 0 amide bonds. The minimum atomic E-state index is -4.51. The molecule has 0 aliphatic carbocycles. The predicted molar refractivity (Wildman–Crippen MR) is 108 cm³/mol. The van der Waals surface area contributed by atoms with Gasteiger partial charge in [0.25, 0.3) is 0 Å². The maximum atomic E-state index is 12.8. The third-order valence-corrected chi connectivity index (χ3v) is 5.23. The van der Waals surface area contributed by atoms with Crippen LogP contribution in [0.4, 0.5) is 18.9 Å². The summed E-state index contributed by atoms with van der Waals surface area (Å²) in [6.07, 6.45) is -4.51. The molecule has 2 rings (SSSR count). The van der Waals surface area contributed by atoms with Crippen LogP contribution in [0.3, 0.4) is 0 Å². The molecule has 2 aromatic rings. The molecule has 26 heavy (non-hydrogen) atoms. The van der Waals surface area contributed by atoms with Crippen LogP contribution in [0, 0.1) is 0 Å². The van der Waals surface area contributed by atoms with E-state index in [0.29, 0.717) is 6.54 Å². The van der Waals surface area contributed by atoms with Crippen LogP contribution in [0.2, 0.25) is 10.0 Å². The number of hydrogen-bond donors (Lipinski definition) is 2. The first-order chi connectivity index (χ1) is 12.3. The number of benzene rings is 2. The quantitative estimate of drug-likeness (QED) is 0.412. The van der Waals surface area contributed by atoms with E-state index in [1.54, 1.807) is 11.8 Å². The minimum absolute atomic E-state index is 0.225. The average Bonchev–Trinajstić information content (AvgIpc) is 2.57. The van der Waals surface area contributed by atoms with E-state index in [2.05, 4.69) is 10.6 Å². The average molecular weight is 439 g/mol. The highest BCUT2D eigenvalue weighted by Crippen LogP contribution is 2.36. The van der Waals surface area contributed by atoms with Gasteiger partial charge >= 0.3 is 6.18 Å². The van der Waals surface area contributed by atoms with Crippen LogP contribution in [0.25, 0.3) is 0 Å². The van der Waals surface area contributed by atoms with Crippen molar-refractivity contribution in [2.75, 3.05) is 17.6 Å². The van der Waals surface area contributed by atoms with Crippen LogP contribution >= 0.6 is 47.2 Å². The second-order valence-electron chi connectivity index (χ2n) is 5.22. The zero-order chi connectivity index (χ0) is 19.2. The molecule has 0 unspecified atom stereocenters. The lowest BCUT2D eigenvalue weighted by Crippen LogP contribution is -2.30. The summed E-state index contributed by atoms with van der Waals surface area (Å²) in [5, 5.41) is 6.32. The SMILES string of the molecule is FC(F)(F)c1cc(NC(=S)NCCSCc2ccccc2Cl)ccc1Cl. The van der Waals surface area contributed by atoms with Crippen molar-refractivity contribution in [1.82, 2.24) is 5.32 Å². The highest BCUT2D eigenvalue weighted by molar-refractivity contribution is 7.98. The van der Waals surface area contributed by atoms with Gasteiger partial charge in [-0.3, -0.25) is 0 Å². The van der Waals surface area contributed by atoms with Gasteiger partial charge in [0.1, 0.15) is 0 Å². The zero-order valence-electron chi connectivity index (χ0n) is 13.4. The van der Waals surface area contributed by atoms with Crippen LogP contribution in [0.1, 0.15) is 11.1 Å². The van der Waals surface area contributed by atoms with Crippen LogP contribution in [0.5, 0.6) is 0 Å². The highest BCUT2D eigenvalue weighted by Gasteiger charge is 2.33. The Bertz CT molecular complexity index is 770. The van der Waals surface area contributed by atoms with Crippen molar-refractivity contribution in [3.05, 3.63) is 63.6 Å².